The minimum Gasteiger partial charge on any atom is -0.494 e. The quantitative estimate of drug-likeness (QED) is 0.800. The van der Waals surface area contributed by atoms with E-state index in [1.54, 1.807) is 37.9 Å². The Morgan fingerprint density at radius 2 is 1.95 bits per heavy atom. The summed E-state index contributed by atoms with van der Waals surface area (Å²) in [6.45, 7) is 4.40. The van der Waals surface area contributed by atoms with Gasteiger partial charge in [0.25, 0.3) is 0 Å². The molecule has 0 aliphatic rings. The molecule has 0 heterocycles. The second-order valence-electron chi connectivity index (χ2n) is 5.10. The van der Waals surface area contributed by atoms with E-state index in [0.717, 1.165) is 0 Å². The van der Waals surface area contributed by atoms with Crippen LogP contribution in [0.4, 0.5) is 4.39 Å². The van der Waals surface area contributed by atoms with E-state index in [4.69, 9.17) is 10.5 Å². The van der Waals surface area contributed by atoms with Crippen LogP contribution >= 0.6 is 0 Å². The van der Waals surface area contributed by atoms with Crippen LogP contribution in [0.15, 0.2) is 24.3 Å². The fourth-order valence-corrected chi connectivity index (χ4v) is 1.62. The molecule has 0 fully saturated rings. The fourth-order valence-electron chi connectivity index (χ4n) is 1.62. The molecule has 4 nitrogen and oxygen atoms in total. The lowest BCUT2D eigenvalue weighted by Gasteiger charge is -2.25. The summed E-state index contributed by atoms with van der Waals surface area (Å²) in [6.07, 6.45) is 0.690. The molecule has 1 aromatic rings. The third-order valence-electron chi connectivity index (χ3n) is 2.62. The van der Waals surface area contributed by atoms with E-state index in [0.29, 0.717) is 25.3 Å². The van der Waals surface area contributed by atoms with Gasteiger partial charge >= 0.3 is 0 Å². The van der Waals surface area contributed by atoms with E-state index in [1.165, 1.54) is 12.1 Å². The number of amides is 1. The van der Waals surface area contributed by atoms with Gasteiger partial charge in [-0.25, -0.2) is 4.39 Å². The number of carbonyl (C=O) groups is 1. The second kappa shape index (κ2) is 6.52. The van der Waals surface area contributed by atoms with Crippen molar-refractivity contribution in [1.82, 2.24) is 4.90 Å². The minimum absolute atomic E-state index is 0.103. The third kappa shape index (κ3) is 5.26. The molecular formula is C14H21FN2O2. The molecule has 0 atom stereocenters. The molecule has 0 aliphatic carbocycles. The summed E-state index contributed by atoms with van der Waals surface area (Å²) in [6, 6.07) is 5.85. The van der Waals surface area contributed by atoms with Gasteiger partial charge in [-0.2, -0.15) is 0 Å². The molecule has 0 unspecified atom stereocenters. The molecule has 106 valence electrons. The normalized spacial score (nSPS) is 11.2. The highest BCUT2D eigenvalue weighted by molar-refractivity contribution is 5.84. The molecule has 0 saturated carbocycles. The smallest absolute Gasteiger partial charge is 0.241 e. The van der Waals surface area contributed by atoms with Gasteiger partial charge in [-0.3, -0.25) is 4.79 Å². The van der Waals surface area contributed by atoms with Gasteiger partial charge in [-0.1, -0.05) is 0 Å². The van der Waals surface area contributed by atoms with E-state index in [2.05, 4.69) is 0 Å². The first kappa shape index (κ1) is 15.4. The van der Waals surface area contributed by atoms with Crippen LogP contribution in [0.3, 0.4) is 0 Å². The number of carbonyl (C=O) groups excluding carboxylic acids is 1. The number of nitrogens with two attached hydrogens (primary N) is 1. The van der Waals surface area contributed by atoms with Crippen molar-refractivity contribution >= 4 is 5.91 Å². The highest BCUT2D eigenvalue weighted by atomic mass is 19.1. The van der Waals surface area contributed by atoms with Crippen molar-refractivity contribution in [2.45, 2.75) is 25.8 Å². The molecule has 0 spiro atoms. The van der Waals surface area contributed by atoms with Crippen molar-refractivity contribution in [3.05, 3.63) is 30.1 Å². The van der Waals surface area contributed by atoms with Gasteiger partial charge in [0.2, 0.25) is 5.91 Å². The first-order valence-electron chi connectivity index (χ1n) is 6.23. The van der Waals surface area contributed by atoms with Crippen LogP contribution in [0.25, 0.3) is 0 Å². The van der Waals surface area contributed by atoms with E-state index >= 15 is 0 Å². The van der Waals surface area contributed by atoms with Crippen LogP contribution < -0.4 is 10.5 Å². The number of halogens is 1. The molecular weight excluding hydrogens is 247 g/mol. The van der Waals surface area contributed by atoms with Crippen molar-refractivity contribution in [3.63, 3.8) is 0 Å². The van der Waals surface area contributed by atoms with Gasteiger partial charge in [0.15, 0.2) is 0 Å². The molecule has 2 N–H and O–H groups in total. The lowest BCUT2D eigenvalue weighted by molar-refractivity contribution is -0.134. The Kier molecular flexibility index (Phi) is 5.30. The predicted molar refractivity (Wildman–Crippen MR) is 72.4 cm³/mol. The van der Waals surface area contributed by atoms with E-state index in [-0.39, 0.29) is 11.7 Å². The Morgan fingerprint density at radius 3 is 2.47 bits per heavy atom. The summed E-state index contributed by atoms with van der Waals surface area (Å²) >= 11 is 0. The van der Waals surface area contributed by atoms with Crippen LogP contribution in [0.1, 0.15) is 20.3 Å². The molecule has 0 aromatic heterocycles. The van der Waals surface area contributed by atoms with Crippen LogP contribution in [0, 0.1) is 5.82 Å². The molecule has 0 aliphatic heterocycles. The first-order valence-corrected chi connectivity index (χ1v) is 6.23. The Bertz CT molecular complexity index is 412. The Hall–Kier alpha value is -1.62. The minimum atomic E-state index is -0.855. The number of likely N-dealkylation sites (N-methyl/N-ethyl adjacent to an activating group) is 1. The topological polar surface area (TPSA) is 55.6 Å². The third-order valence-corrected chi connectivity index (χ3v) is 2.62. The number of benzene rings is 1. The molecule has 1 amide bonds. The first-order chi connectivity index (χ1) is 8.80. The molecule has 1 aromatic carbocycles. The zero-order valence-electron chi connectivity index (χ0n) is 11.6. The highest BCUT2D eigenvalue weighted by Gasteiger charge is 2.24. The van der Waals surface area contributed by atoms with Gasteiger partial charge in [0, 0.05) is 13.6 Å². The lowest BCUT2D eigenvalue weighted by Crippen LogP contribution is -2.50. The Labute approximate surface area is 113 Å². The Morgan fingerprint density at radius 1 is 1.37 bits per heavy atom. The van der Waals surface area contributed by atoms with Gasteiger partial charge in [-0.05, 0) is 44.5 Å². The molecule has 5 heteroatoms. The predicted octanol–water partition coefficient (Wildman–Crippen LogP) is 1.79. The van der Waals surface area contributed by atoms with Crippen molar-refractivity contribution in [2.24, 2.45) is 5.73 Å². The molecule has 0 radical (unpaired) electrons. The standard InChI is InChI=1S/C14H21FN2O2/c1-14(2,16)13(18)17(3)9-4-10-19-12-7-5-11(15)6-8-12/h5-8H,4,9-10,16H2,1-3H3. The number of rotatable bonds is 6. The number of hydrogen-bond acceptors (Lipinski definition) is 3. The van der Waals surface area contributed by atoms with Gasteiger partial charge in [0.1, 0.15) is 11.6 Å². The van der Waals surface area contributed by atoms with Crippen LogP contribution in [-0.4, -0.2) is 36.5 Å². The van der Waals surface area contributed by atoms with Crippen LogP contribution in [0.5, 0.6) is 5.75 Å². The Balaban J connectivity index is 2.27. The SMILES string of the molecule is CN(CCCOc1ccc(F)cc1)C(=O)C(C)(C)N. The van der Waals surface area contributed by atoms with Gasteiger partial charge < -0.3 is 15.4 Å². The lowest BCUT2D eigenvalue weighted by atomic mass is 10.1. The summed E-state index contributed by atoms with van der Waals surface area (Å²) in [5.74, 6) is 0.228. The van der Waals surface area contributed by atoms with E-state index in [9.17, 15) is 9.18 Å². The van der Waals surface area contributed by atoms with Crippen LogP contribution in [-0.2, 0) is 4.79 Å². The maximum absolute atomic E-state index is 12.7. The van der Waals surface area contributed by atoms with E-state index in [1.807, 2.05) is 0 Å². The summed E-state index contributed by atoms with van der Waals surface area (Å²) in [7, 11) is 1.72. The van der Waals surface area contributed by atoms with Gasteiger partial charge in [0.05, 0.1) is 12.1 Å². The van der Waals surface area contributed by atoms with Gasteiger partial charge in [-0.15, -0.1) is 0 Å². The van der Waals surface area contributed by atoms with Crippen LogP contribution in [0.2, 0.25) is 0 Å². The van der Waals surface area contributed by atoms with Crippen molar-refractivity contribution in [3.8, 4) is 5.75 Å². The number of nitrogens with zero attached hydrogens (tertiary/aromatic N) is 1. The monoisotopic (exact) mass is 268 g/mol. The summed E-state index contributed by atoms with van der Waals surface area (Å²) in [5.41, 5.74) is 4.88. The second-order valence-corrected chi connectivity index (χ2v) is 5.10. The highest BCUT2D eigenvalue weighted by Crippen LogP contribution is 2.11. The number of hydrogen-bond donors (Lipinski definition) is 1. The van der Waals surface area contributed by atoms with E-state index < -0.39 is 5.54 Å². The number of ether oxygens (including phenoxy) is 1. The summed E-state index contributed by atoms with van der Waals surface area (Å²) < 4.78 is 18.1. The fraction of sp³-hybridized carbons (Fsp3) is 0.500. The average Bonchev–Trinajstić information content (AvgIpc) is 2.34. The molecule has 0 bridgehead atoms. The summed E-state index contributed by atoms with van der Waals surface area (Å²) in [5, 5.41) is 0. The molecule has 0 saturated heterocycles. The maximum atomic E-state index is 12.7. The van der Waals surface area contributed by atoms with Crippen molar-refractivity contribution < 1.29 is 13.9 Å². The maximum Gasteiger partial charge on any atom is 0.241 e. The average molecular weight is 268 g/mol. The molecule has 1 rings (SSSR count). The largest absolute Gasteiger partial charge is 0.494 e. The zero-order chi connectivity index (χ0) is 14.5. The zero-order valence-corrected chi connectivity index (χ0v) is 11.6. The molecule has 19 heavy (non-hydrogen) atoms. The van der Waals surface area contributed by atoms with Crippen molar-refractivity contribution in [2.75, 3.05) is 20.2 Å². The van der Waals surface area contributed by atoms with Crippen molar-refractivity contribution in [1.29, 1.82) is 0 Å². The summed E-state index contributed by atoms with van der Waals surface area (Å²) in [4.78, 5) is 13.4.